The standard InChI is InChI=1S/C22H27N3O/c1-16(12-13-18-8-4-3-5-9-18)24-22(26)23-15-14-19-17(2)25-21-11-7-6-10-20(19)21/h3-11,16,25H,12-15H2,1-2H3,(H2,23,24,26). The van der Waals surface area contributed by atoms with Crippen LogP contribution in [0.3, 0.4) is 0 Å². The summed E-state index contributed by atoms with van der Waals surface area (Å²) in [5.41, 5.74) is 4.90. The lowest BCUT2D eigenvalue weighted by atomic mass is 10.1. The van der Waals surface area contributed by atoms with Crippen LogP contribution < -0.4 is 10.6 Å². The number of hydrogen-bond acceptors (Lipinski definition) is 1. The predicted molar refractivity (Wildman–Crippen MR) is 107 cm³/mol. The maximum absolute atomic E-state index is 12.1. The molecular formula is C22H27N3O. The van der Waals surface area contributed by atoms with E-state index >= 15 is 0 Å². The molecule has 0 spiro atoms. The van der Waals surface area contributed by atoms with Crippen molar-refractivity contribution in [2.24, 2.45) is 0 Å². The highest BCUT2D eigenvalue weighted by Crippen LogP contribution is 2.21. The molecule has 2 aromatic carbocycles. The van der Waals surface area contributed by atoms with E-state index < -0.39 is 0 Å². The minimum atomic E-state index is -0.0944. The molecule has 136 valence electrons. The van der Waals surface area contributed by atoms with Crippen LogP contribution in [-0.4, -0.2) is 23.6 Å². The molecule has 0 fully saturated rings. The lowest BCUT2D eigenvalue weighted by molar-refractivity contribution is 0.237. The first-order valence-corrected chi connectivity index (χ1v) is 9.28. The van der Waals surface area contributed by atoms with Crippen molar-refractivity contribution in [1.82, 2.24) is 15.6 Å². The fourth-order valence-corrected chi connectivity index (χ4v) is 3.33. The first-order valence-electron chi connectivity index (χ1n) is 9.28. The van der Waals surface area contributed by atoms with Crippen LogP contribution >= 0.6 is 0 Å². The fourth-order valence-electron chi connectivity index (χ4n) is 3.33. The third-order valence-corrected chi connectivity index (χ3v) is 4.77. The Kier molecular flexibility index (Phi) is 5.95. The average molecular weight is 349 g/mol. The number of rotatable bonds is 7. The zero-order chi connectivity index (χ0) is 18.4. The van der Waals surface area contributed by atoms with Crippen molar-refractivity contribution in [1.29, 1.82) is 0 Å². The highest BCUT2D eigenvalue weighted by molar-refractivity contribution is 5.84. The van der Waals surface area contributed by atoms with Gasteiger partial charge in [0.15, 0.2) is 0 Å². The van der Waals surface area contributed by atoms with E-state index in [-0.39, 0.29) is 12.1 Å². The summed E-state index contributed by atoms with van der Waals surface area (Å²) < 4.78 is 0. The molecule has 4 heteroatoms. The molecule has 3 rings (SSSR count). The average Bonchev–Trinajstić information content (AvgIpc) is 2.96. The van der Waals surface area contributed by atoms with Crippen molar-refractivity contribution in [2.75, 3.05) is 6.54 Å². The first kappa shape index (κ1) is 18.1. The van der Waals surface area contributed by atoms with E-state index in [2.05, 4.69) is 46.8 Å². The van der Waals surface area contributed by atoms with E-state index in [0.717, 1.165) is 24.8 Å². The Hall–Kier alpha value is -2.75. The molecule has 0 bridgehead atoms. The Labute approximate surface area is 155 Å². The molecule has 3 N–H and O–H groups in total. The summed E-state index contributed by atoms with van der Waals surface area (Å²) in [7, 11) is 0. The number of hydrogen-bond donors (Lipinski definition) is 3. The zero-order valence-electron chi connectivity index (χ0n) is 15.5. The molecule has 0 saturated heterocycles. The molecule has 0 aliphatic heterocycles. The summed E-state index contributed by atoms with van der Waals surface area (Å²) in [6.45, 7) is 4.76. The van der Waals surface area contributed by atoms with Crippen LogP contribution in [0.1, 0.15) is 30.2 Å². The molecule has 2 amide bonds. The maximum Gasteiger partial charge on any atom is 0.315 e. The fraction of sp³-hybridized carbons (Fsp3) is 0.318. The van der Waals surface area contributed by atoms with Crippen LogP contribution in [0.25, 0.3) is 10.9 Å². The number of carbonyl (C=O) groups excluding carboxylic acids is 1. The molecule has 26 heavy (non-hydrogen) atoms. The van der Waals surface area contributed by atoms with Crippen molar-refractivity contribution in [3.63, 3.8) is 0 Å². The summed E-state index contributed by atoms with van der Waals surface area (Å²) in [4.78, 5) is 15.5. The first-order chi connectivity index (χ1) is 12.6. The number of aromatic nitrogens is 1. The van der Waals surface area contributed by atoms with Crippen LogP contribution in [0.2, 0.25) is 0 Å². The SMILES string of the molecule is Cc1[nH]c2ccccc2c1CCNC(=O)NC(C)CCc1ccccc1. The smallest absolute Gasteiger partial charge is 0.315 e. The summed E-state index contributed by atoms with van der Waals surface area (Å²) >= 11 is 0. The number of benzene rings is 2. The van der Waals surface area contributed by atoms with Gasteiger partial charge in [0, 0.05) is 29.2 Å². The summed E-state index contributed by atoms with van der Waals surface area (Å²) in [6, 6.07) is 18.7. The Morgan fingerprint density at radius 1 is 1.04 bits per heavy atom. The van der Waals surface area contributed by atoms with Crippen LogP contribution in [0.15, 0.2) is 54.6 Å². The van der Waals surface area contributed by atoms with Crippen LogP contribution in [-0.2, 0) is 12.8 Å². The van der Waals surface area contributed by atoms with Gasteiger partial charge in [0.2, 0.25) is 0 Å². The van der Waals surface area contributed by atoms with Gasteiger partial charge in [-0.15, -0.1) is 0 Å². The summed E-state index contributed by atoms with van der Waals surface area (Å²) in [6.07, 6.45) is 2.72. The molecule has 1 aromatic heterocycles. The Morgan fingerprint density at radius 3 is 2.58 bits per heavy atom. The molecular weight excluding hydrogens is 322 g/mol. The molecule has 1 atom stereocenters. The molecule has 0 saturated carbocycles. The van der Waals surface area contributed by atoms with Crippen LogP contribution in [0, 0.1) is 6.92 Å². The van der Waals surface area contributed by atoms with Gasteiger partial charge in [-0.2, -0.15) is 0 Å². The molecule has 1 unspecified atom stereocenters. The Balaban J connectivity index is 1.43. The zero-order valence-corrected chi connectivity index (χ0v) is 15.5. The quantitative estimate of drug-likeness (QED) is 0.584. The van der Waals surface area contributed by atoms with Crippen molar-refractivity contribution in [3.8, 4) is 0 Å². The van der Waals surface area contributed by atoms with E-state index in [4.69, 9.17) is 0 Å². The monoisotopic (exact) mass is 349 g/mol. The lowest BCUT2D eigenvalue weighted by Gasteiger charge is -2.14. The van der Waals surface area contributed by atoms with Gasteiger partial charge in [0.1, 0.15) is 0 Å². The van der Waals surface area contributed by atoms with Gasteiger partial charge in [0.25, 0.3) is 0 Å². The number of aryl methyl sites for hydroxylation is 2. The number of fused-ring (bicyclic) bond motifs is 1. The Bertz CT molecular complexity index is 854. The number of H-pyrrole nitrogens is 1. The normalized spacial score (nSPS) is 12.1. The van der Waals surface area contributed by atoms with E-state index in [0.29, 0.717) is 6.54 Å². The number of aromatic amines is 1. The van der Waals surface area contributed by atoms with Crippen molar-refractivity contribution < 1.29 is 4.79 Å². The second kappa shape index (κ2) is 8.56. The largest absolute Gasteiger partial charge is 0.358 e. The summed E-state index contributed by atoms with van der Waals surface area (Å²) in [5, 5.41) is 7.24. The van der Waals surface area contributed by atoms with E-state index in [9.17, 15) is 4.79 Å². The molecule has 0 aliphatic carbocycles. The highest BCUT2D eigenvalue weighted by atomic mass is 16.2. The number of carbonyl (C=O) groups is 1. The van der Waals surface area contributed by atoms with E-state index in [1.165, 1.54) is 22.2 Å². The second-order valence-electron chi connectivity index (χ2n) is 6.85. The minimum absolute atomic E-state index is 0.0944. The van der Waals surface area contributed by atoms with Crippen molar-refractivity contribution >= 4 is 16.9 Å². The van der Waals surface area contributed by atoms with E-state index in [1.807, 2.05) is 37.3 Å². The highest BCUT2D eigenvalue weighted by Gasteiger charge is 2.10. The second-order valence-corrected chi connectivity index (χ2v) is 6.85. The molecule has 1 heterocycles. The lowest BCUT2D eigenvalue weighted by Crippen LogP contribution is -2.41. The van der Waals surface area contributed by atoms with Gasteiger partial charge in [-0.3, -0.25) is 0 Å². The minimum Gasteiger partial charge on any atom is -0.358 e. The van der Waals surface area contributed by atoms with Gasteiger partial charge in [0.05, 0.1) is 0 Å². The Morgan fingerprint density at radius 2 is 1.77 bits per heavy atom. The van der Waals surface area contributed by atoms with Gasteiger partial charge in [-0.1, -0.05) is 48.5 Å². The van der Waals surface area contributed by atoms with Crippen LogP contribution in [0.5, 0.6) is 0 Å². The molecule has 0 aliphatic rings. The number of nitrogens with one attached hydrogen (secondary N) is 3. The van der Waals surface area contributed by atoms with Crippen LogP contribution in [0.4, 0.5) is 4.79 Å². The molecule has 0 radical (unpaired) electrons. The maximum atomic E-state index is 12.1. The van der Waals surface area contributed by atoms with Gasteiger partial charge in [-0.25, -0.2) is 4.79 Å². The molecule has 4 nitrogen and oxygen atoms in total. The van der Waals surface area contributed by atoms with Gasteiger partial charge >= 0.3 is 6.03 Å². The predicted octanol–water partition coefficient (Wildman–Crippen LogP) is 4.34. The van der Waals surface area contributed by atoms with Gasteiger partial charge in [-0.05, 0) is 50.3 Å². The van der Waals surface area contributed by atoms with Gasteiger partial charge < -0.3 is 15.6 Å². The number of amides is 2. The topological polar surface area (TPSA) is 56.9 Å². The molecule has 3 aromatic rings. The third kappa shape index (κ3) is 4.66. The summed E-state index contributed by atoms with van der Waals surface area (Å²) in [5.74, 6) is 0. The third-order valence-electron chi connectivity index (χ3n) is 4.77. The van der Waals surface area contributed by atoms with Crippen molar-refractivity contribution in [2.45, 2.75) is 39.2 Å². The van der Waals surface area contributed by atoms with E-state index in [1.54, 1.807) is 0 Å². The van der Waals surface area contributed by atoms with Crippen molar-refractivity contribution in [3.05, 3.63) is 71.4 Å². The number of urea groups is 1. The number of para-hydroxylation sites is 1.